The van der Waals surface area contributed by atoms with E-state index in [0.717, 1.165) is 24.8 Å². The highest BCUT2D eigenvalue weighted by Gasteiger charge is 2.18. The van der Waals surface area contributed by atoms with Gasteiger partial charge in [-0.15, -0.1) is 0 Å². The third-order valence-corrected chi connectivity index (χ3v) is 3.68. The molecule has 0 aliphatic heterocycles. The molecular weight excluding hydrogens is 272 g/mol. The topological polar surface area (TPSA) is 34.1 Å². The van der Waals surface area contributed by atoms with Gasteiger partial charge in [0.1, 0.15) is 0 Å². The quantitative estimate of drug-likeness (QED) is 0.551. The molecule has 2 aromatic carbocycles. The maximum Gasteiger partial charge on any atom is 0.194 e. The third kappa shape index (κ3) is 3.40. The van der Waals surface area contributed by atoms with Crippen molar-refractivity contribution in [3.63, 3.8) is 0 Å². The molecule has 0 radical (unpaired) electrons. The fraction of sp³-hybridized carbons (Fsp3) is 0.200. The number of benzene rings is 2. The van der Waals surface area contributed by atoms with Crippen LogP contribution >= 0.6 is 0 Å². The first kappa shape index (κ1) is 15.9. The first-order valence-corrected chi connectivity index (χ1v) is 7.57. The molecule has 0 N–H and O–H groups in total. The van der Waals surface area contributed by atoms with Crippen molar-refractivity contribution >= 4 is 11.6 Å². The van der Waals surface area contributed by atoms with Gasteiger partial charge in [0.2, 0.25) is 0 Å². The number of allylic oxidation sites excluding steroid dienone is 1. The third-order valence-electron chi connectivity index (χ3n) is 3.68. The summed E-state index contributed by atoms with van der Waals surface area (Å²) < 4.78 is 0. The zero-order valence-electron chi connectivity index (χ0n) is 12.8. The molecule has 0 fully saturated rings. The van der Waals surface area contributed by atoms with Gasteiger partial charge in [-0.05, 0) is 24.5 Å². The van der Waals surface area contributed by atoms with Crippen LogP contribution in [0.5, 0.6) is 0 Å². The molecule has 0 spiro atoms. The number of aryl methyl sites for hydroxylation is 1. The van der Waals surface area contributed by atoms with Crippen molar-refractivity contribution in [1.82, 2.24) is 0 Å². The van der Waals surface area contributed by atoms with E-state index < -0.39 is 0 Å². The number of hydrogen-bond acceptors (Lipinski definition) is 2. The Morgan fingerprint density at radius 3 is 2.18 bits per heavy atom. The summed E-state index contributed by atoms with van der Waals surface area (Å²) in [6.07, 6.45) is 4.23. The van der Waals surface area contributed by atoms with Gasteiger partial charge in [0.25, 0.3) is 0 Å². The van der Waals surface area contributed by atoms with Gasteiger partial charge in [0, 0.05) is 16.7 Å². The zero-order valence-corrected chi connectivity index (χ0v) is 12.8. The van der Waals surface area contributed by atoms with Crippen molar-refractivity contribution in [2.45, 2.75) is 26.2 Å². The van der Waals surface area contributed by atoms with Gasteiger partial charge in [0.15, 0.2) is 11.6 Å². The standard InChI is InChI=1S/C20H20O2/c1-3-5-10-15-11-6-7-12-16(15)20(22)18-14-9-8-13-17(18)19(21)4-2/h4,6-9,11-14H,2-3,5,10H2,1H3. The first-order chi connectivity index (χ1) is 10.7. The van der Waals surface area contributed by atoms with Gasteiger partial charge in [-0.3, -0.25) is 9.59 Å². The second-order valence-corrected chi connectivity index (χ2v) is 5.20. The summed E-state index contributed by atoms with van der Waals surface area (Å²) in [5, 5.41) is 0. The molecule has 0 saturated carbocycles. The molecule has 0 aliphatic rings. The van der Waals surface area contributed by atoms with Crippen molar-refractivity contribution < 1.29 is 9.59 Å². The first-order valence-electron chi connectivity index (χ1n) is 7.57. The van der Waals surface area contributed by atoms with Crippen LogP contribution in [0.2, 0.25) is 0 Å². The molecular formula is C20H20O2. The van der Waals surface area contributed by atoms with E-state index in [-0.39, 0.29) is 11.6 Å². The van der Waals surface area contributed by atoms with Crippen LogP contribution in [0.4, 0.5) is 0 Å². The maximum atomic E-state index is 12.9. The predicted molar refractivity (Wildman–Crippen MR) is 89.5 cm³/mol. The molecule has 0 atom stereocenters. The molecule has 0 aliphatic carbocycles. The van der Waals surface area contributed by atoms with E-state index >= 15 is 0 Å². The molecule has 0 saturated heterocycles. The molecule has 0 amide bonds. The minimum Gasteiger partial charge on any atom is -0.289 e. The lowest BCUT2D eigenvalue weighted by atomic mass is 9.92. The molecule has 112 valence electrons. The summed E-state index contributed by atoms with van der Waals surface area (Å²) in [6.45, 7) is 5.63. The number of rotatable bonds is 7. The average Bonchev–Trinajstić information content (AvgIpc) is 2.59. The van der Waals surface area contributed by atoms with Crippen LogP contribution in [0.15, 0.2) is 61.2 Å². The van der Waals surface area contributed by atoms with Crippen LogP contribution < -0.4 is 0 Å². The van der Waals surface area contributed by atoms with Crippen LogP contribution in [0.3, 0.4) is 0 Å². The summed E-state index contributed by atoms with van der Waals surface area (Å²) in [5.41, 5.74) is 2.57. The van der Waals surface area contributed by atoms with Gasteiger partial charge in [-0.25, -0.2) is 0 Å². The number of hydrogen-bond donors (Lipinski definition) is 0. The Kier molecular flexibility index (Phi) is 5.42. The van der Waals surface area contributed by atoms with Crippen molar-refractivity contribution in [3.8, 4) is 0 Å². The second-order valence-electron chi connectivity index (χ2n) is 5.20. The lowest BCUT2D eigenvalue weighted by Gasteiger charge is -2.10. The summed E-state index contributed by atoms with van der Waals surface area (Å²) in [4.78, 5) is 24.8. The maximum absolute atomic E-state index is 12.9. The highest BCUT2D eigenvalue weighted by molar-refractivity contribution is 6.18. The smallest absolute Gasteiger partial charge is 0.194 e. The Balaban J connectivity index is 2.45. The van der Waals surface area contributed by atoms with Gasteiger partial charge in [-0.1, -0.05) is 68.5 Å². The fourth-order valence-corrected chi connectivity index (χ4v) is 2.48. The highest BCUT2D eigenvalue weighted by Crippen LogP contribution is 2.20. The molecule has 2 aromatic rings. The van der Waals surface area contributed by atoms with Gasteiger partial charge in [-0.2, -0.15) is 0 Å². The van der Waals surface area contributed by atoms with Gasteiger partial charge >= 0.3 is 0 Å². The van der Waals surface area contributed by atoms with Gasteiger partial charge < -0.3 is 0 Å². The number of carbonyl (C=O) groups is 2. The van der Waals surface area contributed by atoms with Crippen molar-refractivity contribution in [2.75, 3.05) is 0 Å². The molecule has 0 aromatic heterocycles. The Labute approximate surface area is 131 Å². The van der Waals surface area contributed by atoms with Crippen molar-refractivity contribution in [1.29, 1.82) is 0 Å². The van der Waals surface area contributed by atoms with E-state index in [2.05, 4.69) is 13.5 Å². The number of carbonyl (C=O) groups excluding carboxylic acids is 2. The number of ketones is 2. The van der Waals surface area contributed by atoms with E-state index in [1.807, 2.05) is 24.3 Å². The molecule has 2 heteroatoms. The molecule has 22 heavy (non-hydrogen) atoms. The Bertz CT molecular complexity index is 698. The molecule has 2 rings (SSSR count). The zero-order chi connectivity index (χ0) is 15.9. The molecule has 0 unspecified atom stereocenters. The van der Waals surface area contributed by atoms with Crippen LogP contribution in [0.25, 0.3) is 0 Å². The lowest BCUT2D eigenvalue weighted by Crippen LogP contribution is -2.10. The van der Waals surface area contributed by atoms with E-state index in [9.17, 15) is 9.59 Å². The largest absolute Gasteiger partial charge is 0.289 e. The van der Waals surface area contributed by atoms with E-state index in [0.29, 0.717) is 16.7 Å². The minimum atomic E-state index is -0.227. The Morgan fingerprint density at radius 2 is 1.55 bits per heavy atom. The Morgan fingerprint density at radius 1 is 0.955 bits per heavy atom. The fourth-order valence-electron chi connectivity index (χ4n) is 2.48. The van der Waals surface area contributed by atoms with E-state index in [4.69, 9.17) is 0 Å². The minimum absolute atomic E-state index is 0.0995. The molecule has 0 bridgehead atoms. The summed E-state index contributed by atoms with van der Waals surface area (Å²) in [5.74, 6) is -0.326. The average molecular weight is 292 g/mol. The van der Waals surface area contributed by atoms with Crippen molar-refractivity contribution in [3.05, 3.63) is 83.4 Å². The van der Waals surface area contributed by atoms with Crippen LogP contribution in [0, 0.1) is 0 Å². The summed E-state index contributed by atoms with van der Waals surface area (Å²) >= 11 is 0. The SMILES string of the molecule is C=CC(=O)c1ccccc1C(=O)c1ccccc1CCCC. The highest BCUT2D eigenvalue weighted by atomic mass is 16.1. The van der Waals surface area contributed by atoms with E-state index in [1.165, 1.54) is 6.08 Å². The second kappa shape index (κ2) is 7.51. The normalized spacial score (nSPS) is 10.2. The van der Waals surface area contributed by atoms with E-state index in [1.54, 1.807) is 24.3 Å². The van der Waals surface area contributed by atoms with Crippen LogP contribution in [-0.2, 0) is 6.42 Å². The monoisotopic (exact) mass is 292 g/mol. The molecule has 2 nitrogen and oxygen atoms in total. The summed E-state index contributed by atoms with van der Waals surface area (Å²) in [7, 11) is 0. The predicted octanol–water partition coefficient (Wildman–Crippen LogP) is 4.63. The van der Waals surface area contributed by atoms with Gasteiger partial charge in [0.05, 0.1) is 0 Å². The summed E-state index contributed by atoms with van der Waals surface area (Å²) in [6, 6.07) is 14.5. The van der Waals surface area contributed by atoms with Crippen LogP contribution in [0.1, 0.15) is 51.6 Å². The van der Waals surface area contributed by atoms with Crippen LogP contribution in [-0.4, -0.2) is 11.6 Å². The Hall–Kier alpha value is -2.48. The lowest BCUT2D eigenvalue weighted by molar-refractivity contribution is 0.101. The number of unbranched alkanes of at least 4 members (excludes halogenated alkanes) is 1. The van der Waals surface area contributed by atoms with Crippen molar-refractivity contribution in [2.24, 2.45) is 0 Å². The molecule has 0 heterocycles.